The van der Waals surface area contributed by atoms with Crippen molar-refractivity contribution in [3.8, 4) is 0 Å². The standard InChI is InChI=1S/C12H9N5O2/c13-11-10(16-19-17-11)12(18)15-8-5-1-3-7-4-2-6-14-9(7)8/h1-6H,(H2,13,17)(H,15,18). The Morgan fingerprint density at radius 2 is 2.05 bits per heavy atom. The smallest absolute Gasteiger partial charge is 0.281 e. The van der Waals surface area contributed by atoms with E-state index in [0.29, 0.717) is 11.2 Å². The third kappa shape index (κ3) is 1.97. The van der Waals surface area contributed by atoms with Gasteiger partial charge in [0.05, 0.1) is 11.2 Å². The van der Waals surface area contributed by atoms with E-state index in [-0.39, 0.29) is 11.5 Å². The molecule has 0 fully saturated rings. The maximum absolute atomic E-state index is 12.0. The van der Waals surface area contributed by atoms with Gasteiger partial charge in [0.15, 0.2) is 0 Å². The first-order chi connectivity index (χ1) is 9.25. The van der Waals surface area contributed by atoms with Crippen molar-refractivity contribution in [3.63, 3.8) is 0 Å². The number of amides is 1. The fraction of sp³-hybridized carbons (Fsp3) is 0. The monoisotopic (exact) mass is 255 g/mol. The number of hydrogen-bond donors (Lipinski definition) is 2. The fourth-order valence-corrected chi connectivity index (χ4v) is 1.74. The highest BCUT2D eigenvalue weighted by atomic mass is 16.6. The third-order valence-electron chi connectivity index (χ3n) is 2.61. The summed E-state index contributed by atoms with van der Waals surface area (Å²) < 4.78 is 4.39. The van der Waals surface area contributed by atoms with Crippen LogP contribution in [0.4, 0.5) is 11.5 Å². The van der Waals surface area contributed by atoms with Crippen LogP contribution in [0, 0.1) is 0 Å². The number of nitrogens with one attached hydrogen (secondary N) is 1. The van der Waals surface area contributed by atoms with Gasteiger partial charge >= 0.3 is 0 Å². The summed E-state index contributed by atoms with van der Waals surface area (Å²) in [5, 5.41) is 10.4. The first kappa shape index (κ1) is 11.1. The first-order valence-electron chi connectivity index (χ1n) is 5.49. The van der Waals surface area contributed by atoms with E-state index in [0.717, 1.165) is 5.39 Å². The van der Waals surface area contributed by atoms with Crippen LogP contribution >= 0.6 is 0 Å². The van der Waals surface area contributed by atoms with Gasteiger partial charge in [0.1, 0.15) is 0 Å². The number of nitrogen functional groups attached to an aromatic ring is 1. The summed E-state index contributed by atoms with van der Waals surface area (Å²) in [5.74, 6) is -0.539. The molecule has 1 aromatic carbocycles. The Balaban J connectivity index is 1.98. The number of rotatable bonds is 2. The van der Waals surface area contributed by atoms with Gasteiger partial charge in [-0.2, -0.15) is 0 Å². The molecule has 0 saturated carbocycles. The Labute approximate surface area is 107 Å². The second-order valence-corrected chi connectivity index (χ2v) is 3.83. The lowest BCUT2D eigenvalue weighted by Gasteiger charge is -2.06. The normalized spacial score (nSPS) is 10.5. The number of carbonyl (C=O) groups is 1. The van der Waals surface area contributed by atoms with Crippen LogP contribution in [0.2, 0.25) is 0 Å². The van der Waals surface area contributed by atoms with Crippen LogP contribution in [0.5, 0.6) is 0 Å². The van der Waals surface area contributed by atoms with Gasteiger partial charge in [0.25, 0.3) is 5.91 Å². The topological polar surface area (TPSA) is 107 Å². The lowest BCUT2D eigenvalue weighted by atomic mass is 10.2. The van der Waals surface area contributed by atoms with Crippen LogP contribution < -0.4 is 11.1 Å². The Bertz CT molecular complexity index is 747. The lowest BCUT2D eigenvalue weighted by molar-refractivity contribution is 0.101. The van der Waals surface area contributed by atoms with Gasteiger partial charge in [-0.1, -0.05) is 18.2 Å². The SMILES string of the molecule is Nc1nonc1C(=O)Nc1cccc2cccnc12. The number of nitrogens with zero attached hydrogens (tertiary/aromatic N) is 3. The van der Waals surface area contributed by atoms with E-state index < -0.39 is 5.91 Å². The molecule has 7 nitrogen and oxygen atoms in total. The summed E-state index contributed by atoms with van der Waals surface area (Å²) in [4.78, 5) is 16.2. The lowest BCUT2D eigenvalue weighted by Crippen LogP contribution is -2.14. The zero-order chi connectivity index (χ0) is 13.2. The zero-order valence-corrected chi connectivity index (χ0v) is 9.70. The Morgan fingerprint density at radius 1 is 1.21 bits per heavy atom. The van der Waals surface area contributed by atoms with Crippen LogP contribution in [0.15, 0.2) is 41.2 Å². The minimum Gasteiger partial charge on any atom is -0.379 e. The molecule has 1 amide bonds. The van der Waals surface area contributed by atoms with Gasteiger partial charge in [0.2, 0.25) is 11.5 Å². The second-order valence-electron chi connectivity index (χ2n) is 3.83. The number of anilines is 2. The largest absolute Gasteiger partial charge is 0.379 e. The summed E-state index contributed by atoms with van der Waals surface area (Å²) in [5.41, 5.74) is 6.68. The molecule has 0 saturated heterocycles. The van der Waals surface area contributed by atoms with Crippen LogP contribution in [0.3, 0.4) is 0 Å². The van der Waals surface area contributed by atoms with E-state index in [9.17, 15) is 4.79 Å². The summed E-state index contributed by atoms with van der Waals surface area (Å²) in [6.07, 6.45) is 1.66. The molecule has 0 radical (unpaired) electrons. The molecule has 0 aliphatic heterocycles. The van der Waals surface area contributed by atoms with E-state index in [1.807, 2.05) is 24.3 Å². The molecule has 7 heteroatoms. The molecule has 0 aliphatic rings. The van der Waals surface area contributed by atoms with Gasteiger partial charge in [-0.05, 0) is 22.4 Å². The van der Waals surface area contributed by atoms with Crippen molar-refractivity contribution in [3.05, 3.63) is 42.2 Å². The van der Waals surface area contributed by atoms with E-state index in [4.69, 9.17) is 5.73 Å². The van der Waals surface area contributed by atoms with Crippen molar-refractivity contribution in [1.29, 1.82) is 0 Å². The van der Waals surface area contributed by atoms with E-state index in [1.54, 1.807) is 12.3 Å². The highest BCUT2D eigenvalue weighted by Gasteiger charge is 2.17. The Kier molecular flexibility index (Phi) is 2.57. The number of hydrogen-bond acceptors (Lipinski definition) is 6. The molecule has 0 aliphatic carbocycles. The molecule has 94 valence electrons. The van der Waals surface area contributed by atoms with E-state index >= 15 is 0 Å². The number of para-hydroxylation sites is 1. The van der Waals surface area contributed by atoms with Crippen molar-refractivity contribution in [2.45, 2.75) is 0 Å². The van der Waals surface area contributed by atoms with Crippen LogP contribution in [0.1, 0.15) is 10.5 Å². The molecule has 0 unspecified atom stereocenters. The van der Waals surface area contributed by atoms with Crippen molar-refractivity contribution >= 4 is 28.3 Å². The molecule has 19 heavy (non-hydrogen) atoms. The summed E-state index contributed by atoms with van der Waals surface area (Å²) in [7, 11) is 0. The average molecular weight is 255 g/mol. The van der Waals surface area contributed by atoms with E-state index in [1.165, 1.54) is 0 Å². The quantitative estimate of drug-likeness (QED) is 0.717. The van der Waals surface area contributed by atoms with Crippen molar-refractivity contribution in [2.75, 3.05) is 11.1 Å². The number of fused-ring (bicyclic) bond motifs is 1. The molecule has 3 N–H and O–H groups in total. The molecular weight excluding hydrogens is 246 g/mol. The highest BCUT2D eigenvalue weighted by Crippen LogP contribution is 2.21. The Hall–Kier alpha value is -2.96. The number of carbonyl (C=O) groups excluding carboxylic acids is 1. The van der Waals surface area contributed by atoms with Crippen molar-refractivity contribution < 1.29 is 9.42 Å². The molecule has 0 spiro atoms. The summed E-state index contributed by atoms with van der Waals surface area (Å²) >= 11 is 0. The fourth-order valence-electron chi connectivity index (χ4n) is 1.74. The highest BCUT2D eigenvalue weighted by molar-refractivity contribution is 6.09. The van der Waals surface area contributed by atoms with Gasteiger partial charge in [-0.3, -0.25) is 9.78 Å². The molecule has 0 atom stereocenters. The minimum atomic E-state index is -0.489. The van der Waals surface area contributed by atoms with Gasteiger partial charge in [-0.25, -0.2) is 4.63 Å². The molecule has 2 heterocycles. The molecule has 2 aromatic heterocycles. The molecular formula is C12H9N5O2. The number of benzene rings is 1. The number of pyridine rings is 1. The molecule has 0 bridgehead atoms. The maximum atomic E-state index is 12.0. The predicted octanol–water partition coefficient (Wildman–Crippen LogP) is 1.45. The van der Waals surface area contributed by atoms with Crippen molar-refractivity contribution in [1.82, 2.24) is 15.3 Å². The summed E-state index contributed by atoms with van der Waals surface area (Å²) in [6.45, 7) is 0. The minimum absolute atomic E-state index is 0.0482. The van der Waals surface area contributed by atoms with Gasteiger partial charge in [0, 0.05) is 11.6 Å². The Morgan fingerprint density at radius 3 is 2.84 bits per heavy atom. The molecule has 3 aromatic rings. The zero-order valence-electron chi connectivity index (χ0n) is 9.70. The third-order valence-corrected chi connectivity index (χ3v) is 2.61. The number of nitrogens with two attached hydrogens (primary N) is 1. The number of aromatic nitrogens is 3. The first-order valence-corrected chi connectivity index (χ1v) is 5.49. The van der Waals surface area contributed by atoms with Gasteiger partial charge in [-0.15, -0.1) is 0 Å². The van der Waals surface area contributed by atoms with Crippen molar-refractivity contribution in [2.24, 2.45) is 0 Å². The van der Waals surface area contributed by atoms with Crippen LogP contribution in [-0.2, 0) is 0 Å². The van der Waals surface area contributed by atoms with Crippen LogP contribution in [-0.4, -0.2) is 21.2 Å². The molecule has 3 rings (SSSR count). The maximum Gasteiger partial charge on any atom is 0.281 e. The van der Waals surface area contributed by atoms with Crippen LogP contribution in [0.25, 0.3) is 10.9 Å². The average Bonchev–Trinajstić information content (AvgIpc) is 2.85. The summed E-state index contributed by atoms with van der Waals surface area (Å²) in [6, 6.07) is 9.21. The van der Waals surface area contributed by atoms with E-state index in [2.05, 4.69) is 25.2 Å². The second kappa shape index (κ2) is 4.37. The van der Waals surface area contributed by atoms with Gasteiger partial charge < -0.3 is 11.1 Å². The predicted molar refractivity (Wildman–Crippen MR) is 68.4 cm³/mol.